The highest BCUT2D eigenvalue weighted by Gasteiger charge is 2.30. The Morgan fingerprint density at radius 3 is 2.58 bits per heavy atom. The molecule has 19 heavy (non-hydrogen) atoms. The third kappa shape index (κ3) is 2.59. The van der Waals surface area contributed by atoms with E-state index in [-0.39, 0.29) is 10.7 Å². The number of hydrogen-bond acceptors (Lipinski definition) is 4. The lowest BCUT2D eigenvalue weighted by atomic mass is 10.2. The molecule has 1 heterocycles. The van der Waals surface area contributed by atoms with E-state index >= 15 is 0 Å². The topological polar surface area (TPSA) is 72.2 Å². The zero-order chi connectivity index (χ0) is 13.5. The van der Waals surface area contributed by atoms with E-state index in [0.717, 1.165) is 18.4 Å². The van der Waals surface area contributed by atoms with Crippen LogP contribution in [0.15, 0.2) is 39.9 Å². The van der Waals surface area contributed by atoms with Crippen molar-refractivity contribution < 1.29 is 12.9 Å². The summed E-state index contributed by atoms with van der Waals surface area (Å²) >= 11 is 5.74. The minimum Gasteiger partial charge on any atom is -0.362 e. The Morgan fingerprint density at radius 2 is 1.95 bits per heavy atom. The number of nitrogens with one attached hydrogen (secondary N) is 1. The van der Waals surface area contributed by atoms with Crippen LogP contribution in [-0.2, 0) is 10.0 Å². The van der Waals surface area contributed by atoms with Crippen LogP contribution in [0.2, 0.25) is 5.02 Å². The van der Waals surface area contributed by atoms with Gasteiger partial charge in [-0.15, -0.1) is 0 Å². The summed E-state index contributed by atoms with van der Waals surface area (Å²) in [5, 5.41) is 4.20. The first-order valence-corrected chi connectivity index (χ1v) is 7.65. The van der Waals surface area contributed by atoms with Gasteiger partial charge in [0.15, 0.2) is 5.82 Å². The van der Waals surface area contributed by atoms with Crippen LogP contribution in [-0.4, -0.2) is 13.6 Å². The van der Waals surface area contributed by atoms with Gasteiger partial charge in [-0.2, -0.15) is 0 Å². The van der Waals surface area contributed by atoms with E-state index in [1.807, 2.05) is 0 Å². The number of benzene rings is 1. The quantitative estimate of drug-likeness (QED) is 0.942. The van der Waals surface area contributed by atoms with Crippen molar-refractivity contribution in [1.82, 2.24) is 5.16 Å². The average molecular weight is 299 g/mol. The molecule has 0 aliphatic heterocycles. The Kier molecular flexibility index (Phi) is 2.99. The van der Waals surface area contributed by atoms with Crippen molar-refractivity contribution in [1.29, 1.82) is 0 Å². The van der Waals surface area contributed by atoms with Gasteiger partial charge in [-0.3, -0.25) is 4.72 Å². The van der Waals surface area contributed by atoms with Crippen LogP contribution in [0.4, 0.5) is 5.82 Å². The summed E-state index contributed by atoms with van der Waals surface area (Å²) in [5.41, 5.74) is 0.817. The molecule has 1 aromatic carbocycles. The third-order valence-electron chi connectivity index (χ3n) is 2.97. The number of nitrogens with zero attached hydrogens (tertiary/aromatic N) is 1. The first-order chi connectivity index (χ1) is 9.06. The molecule has 7 heteroatoms. The smallest absolute Gasteiger partial charge is 0.263 e. The van der Waals surface area contributed by atoms with Gasteiger partial charge >= 0.3 is 0 Å². The molecule has 1 aromatic heterocycles. The van der Waals surface area contributed by atoms with Crippen molar-refractivity contribution in [3.05, 3.63) is 41.1 Å². The maximum atomic E-state index is 12.2. The number of rotatable bonds is 4. The highest BCUT2D eigenvalue weighted by molar-refractivity contribution is 7.92. The second kappa shape index (κ2) is 4.54. The van der Waals surface area contributed by atoms with Crippen molar-refractivity contribution in [2.45, 2.75) is 23.7 Å². The Morgan fingerprint density at radius 1 is 1.26 bits per heavy atom. The summed E-state index contributed by atoms with van der Waals surface area (Å²) in [4.78, 5) is 0.140. The molecule has 1 fully saturated rings. The fraction of sp³-hybridized carbons (Fsp3) is 0.250. The monoisotopic (exact) mass is 298 g/mol. The van der Waals surface area contributed by atoms with Crippen LogP contribution < -0.4 is 4.72 Å². The zero-order valence-electron chi connectivity index (χ0n) is 9.84. The van der Waals surface area contributed by atoms with Crippen molar-refractivity contribution in [2.24, 2.45) is 0 Å². The Hall–Kier alpha value is -1.53. The molecule has 0 amide bonds. The lowest BCUT2D eigenvalue weighted by Crippen LogP contribution is -2.14. The van der Waals surface area contributed by atoms with Crippen molar-refractivity contribution >= 4 is 27.4 Å². The van der Waals surface area contributed by atoms with Gasteiger partial charge in [0.25, 0.3) is 10.0 Å². The largest absolute Gasteiger partial charge is 0.362 e. The Labute approximate surface area is 115 Å². The lowest BCUT2D eigenvalue weighted by Gasteiger charge is -2.06. The number of hydrogen-bond donors (Lipinski definition) is 1. The molecule has 1 N–H and O–H groups in total. The van der Waals surface area contributed by atoms with Gasteiger partial charge in [0.2, 0.25) is 0 Å². The van der Waals surface area contributed by atoms with Crippen molar-refractivity contribution in [3.8, 4) is 0 Å². The van der Waals surface area contributed by atoms with Crippen LogP contribution in [0.25, 0.3) is 0 Å². The predicted octanol–water partition coefficient (Wildman–Crippen LogP) is 3.01. The van der Waals surface area contributed by atoms with E-state index in [2.05, 4.69) is 9.88 Å². The molecule has 1 saturated carbocycles. The van der Waals surface area contributed by atoms with Gasteiger partial charge in [-0.1, -0.05) is 16.8 Å². The number of sulfonamides is 1. The second-order valence-electron chi connectivity index (χ2n) is 4.45. The summed E-state index contributed by atoms with van der Waals surface area (Å²) in [6, 6.07) is 5.95. The summed E-state index contributed by atoms with van der Waals surface area (Å²) in [6.45, 7) is 0. The molecule has 1 aliphatic rings. The Balaban J connectivity index is 1.88. The molecule has 5 nitrogen and oxygen atoms in total. The number of halogens is 1. The molecule has 0 unspecified atom stereocenters. The normalized spacial score (nSPS) is 15.4. The Bertz CT molecular complexity index is 690. The minimum absolute atomic E-state index is 0.140. The second-order valence-corrected chi connectivity index (χ2v) is 6.57. The van der Waals surface area contributed by atoms with Crippen molar-refractivity contribution in [3.63, 3.8) is 0 Å². The molecule has 0 saturated heterocycles. The highest BCUT2D eigenvalue weighted by atomic mass is 35.5. The fourth-order valence-corrected chi connectivity index (χ4v) is 2.95. The minimum atomic E-state index is -3.66. The van der Waals surface area contributed by atoms with Crippen LogP contribution in [0.3, 0.4) is 0 Å². The predicted molar refractivity (Wildman–Crippen MR) is 70.7 cm³/mol. The van der Waals surface area contributed by atoms with Crippen molar-refractivity contribution in [2.75, 3.05) is 4.72 Å². The van der Waals surface area contributed by atoms with E-state index in [1.54, 1.807) is 0 Å². The fourth-order valence-electron chi connectivity index (χ4n) is 1.81. The maximum absolute atomic E-state index is 12.2. The van der Waals surface area contributed by atoms with E-state index in [4.69, 9.17) is 16.1 Å². The molecule has 3 rings (SSSR count). The third-order valence-corrected chi connectivity index (χ3v) is 4.58. The molecule has 1 aliphatic carbocycles. The summed E-state index contributed by atoms with van der Waals surface area (Å²) in [7, 11) is -3.66. The number of anilines is 1. The van der Waals surface area contributed by atoms with Crippen LogP contribution in [0.1, 0.15) is 24.3 Å². The SMILES string of the molecule is O=S(=O)(Nc1nocc1C1CC1)c1ccc(Cl)cc1. The van der Waals surface area contributed by atoms with Gasteiger partial charge in [-0.05, 0) is 43.0 Å². The van der Waals surface area contributed by atoms with E-state index in [9.17, 15) is 8.42 Å². The van der Waals surface area contributed by atoms with Gasteiger partial charge in [0, 0.05) is 10.6 Å². The van der Waals surface area contributed by atoms with E-state index in [1.165, 1.54) is 30.5 Å². The van der Waals surface area contributed by atoms with Gasteiger partial charge < -0.3 is 4.52 Å². The molecule has 2 aromatic rings. The molecule has 100 valence electrons. The van der Waals surface area contributed by atoms with Crippen LogP contribution in [0.5, 0.6) is 0 Å². The van der Waals surface area contributed by atoms with Crippen LogP contribution >= 0.6 is 11.6 Å². The van der Waals surface area contributed by atoms with E-state index in [0.29, 0.717) is 10.9 Å². The maximum Gasteiger partial charge on any atom is 0.263 e. The molecular weight excluding hydrogens is 288 g/mol. The van der Waals surface area contributed by atoms with Gasteiger partial charge in [0.1, 0.15) is 6.26 Å². The first kappa shape index (κ1) is 12.5. The molecule has 0 spiro atoms. The molecule has 0 bridgehead atoms. The summed E-state index contributed by atoms with van der Waals surface area (Å²) in [5.74, 6) is 0.631. The van der Waals surface area contributed by atoms with Crippen LogP contribution in [0, 0.1) is 0 Å². The molecule has 0 radical (unpaired) electrons. The van der Waals surface area contributed by atoms with Gasteiger partial charge in [0.05, 0.1) is 4.90 Å². The molecular formula is C12H11ClN2O3S. The average Bonchev–Trinajstić information content (AvgIpc) is 3.11. The summed E-state index contributed by atoms with van der Waals surface area (Å²) in [6.07, 6.45) is 3.57. The highest BCUT2D eigenvalue weighted by Crippen LogP contribution is 2.43. The van der Waals surface area contributed by atoms with E-state index < -0.39 is 10.0 Å². The van der Waals surface area contributed by atoms with Gasteiger partial charge in [-0.25, -0.2) is 8.42 Å². The first-order valence-electron chi connectivity index (χ1n) is 5.79. The summed E-state index contributed by atoms with van der Waals surface area (Å²) < 4.78 is 31.6. The standard InChI is InChI=1S/C12H11ClN2O3S/c13-9-3-5-10(6-4-9)19(16,17)15-12-11(7-18-14-12)8-1-2-8/h3-8H,1-2H2,(H,14,15). The molecule has 0 atom stereocenters. The zero-order valence-corrected chi connectivity index (χ0v) is 11.4. The number of aromatic nitrogens is 1. The lowest BCUT2D eigenvalue weighted by molar-refractivity contribution is 0.422.